The Bertz CT molecular complexity index is 178. The number of hydrogen-bond donors (Lipinski definition) is 1. The molecule has 0 aromatic rings. The first-order valence-corrected chi connectivity index (χ1v) is 4.00. The first-order chi connectivity index (χ1) is 4.73. The fourth-order valence-corrected chi connectivity index (χ4v) is 2.08. The summed E-state index contributed by atoms with van der Waals surface area (Å²) in [6.45, 7) is 0. The summed E-state index contributed by atoms with van der Waals surface area (Å²) >= 11 is 0. The maximum absolute atomic E-state index is 11.0. The number of nitrogens with two attached hydrogens (primary N) is 1. The minimum Gasteiger partial charge on any atom is -0.327 e. The summed E-state index contributed by atoms with van der Waals surface area (Å²) in [5.41, 5.74) is 6.03. The Kier molecular flexibility index (Phi) is 1.15. The lowest BCUT2D eigenvalue weighted by molar-refractivity contribution is -0.122. The second-order valence-corrected chi connectivity index (χ2v) is 3.74. The maximum atomic E-state index is 11.0. The van der Waals surface area contributed by atoms with Crippen LogP contribution in [0.5, 0.6) is 0 Å². The van der Waals surface area contributed by atoms with E-state index in [4.69, 9.17) is 5.73 Å². The van der Waals surface area contributed by atoms with E-state index < -0.39 is 0 Å². The monoisotopic (exact) mass is 139 g/mol. The van der Waals surface area contributed by atoms with Crippen molar-refractivity contribution in [1.29, 1.82) is 0 Å². The summed E-state index contributed by atoms with van der Waals surface area (Å²) < 4.78 is 0. The molecule has 2 aliphatic carbocycles. The summed E-state index contributed by atoms with van der Waals surface area (Å²) in [7, 11) is 0. The fraction of sp³-hybridized carbons (Fsp3) is 0.875. The first-order valence-electron chi connectivity index (χ1n) is 4.00. The van der Waals surface area contributed by atoms with E-state index in [1.165, 1.54) is 6.42 Å². The van der Waals surface area contributed by atoms with Crippen LogP contribution in [0.4, 0.5) is 0 Å². The van der Waals surface area contributed by atoms with Gasteiger partial charge >= 0.3 is 0 Å². The van der Waals surface area contributed by atoms with Crippen LogP contribution in [0, 0.1) is 5.41 Å². The van der Waals surface area contributed by atoms with E-state index >= 15 is 0 Å². The van der Waals surface area contributed by atoms with Crippen molar-refractivity contribution >= 4 is 5.78 Å². The lowest BCUT2D eigenvalue weighted by Gasteiger charge is -2.19. The average Bonchev–Trinajstić information content (AvgIpc) is 2.41. The van der Waals surface area contributed by atoms with Gasteiger partial charge in [-0.15, -0.1) is 0 Å². The zero-order chi connectivity index (χ0) is 7.19. The Morgan fingerprint density at radius 3 is 2.70 bits per heavy atom. The molecule has 56 valence electrons. The molecule has 0 aromatic carbocycles. The van der Waals surface area contributed by atoms with Crippen molar-refractivity contribution in [1.82, 2.24) is 0 Å². The molecule has 2 atom stereocenters. The number of Topliss-reactive ketones (excluding diaryl/α,β-unsaturated/α-hetero) is 1. The fourth-order valence-electron chi connectivity index (χ4n) is 2.08. The minimum atomic E-state index is 0.287. The molecule has 2 heteroatoms. The molecule has 0 aliphatic heterocycles. The third-order valence-corrected chi connectivity index (χ3v) is 2.93. The lowest BCUT2D eigenvalue weighted by Crippen LogP contribution is -2.22. The summed E-state index contributed by atoms with van der Waals surface area (Å²) in [5.74, 6) is 0.430. The molecular formula is C8H13NO. The molecule has 2 nitrogen and oxygen atoms in total. The van der Waals surface area contributed by atoms with Gasteiger partial charge in [0.2, 0.25) is 0 Å². The maximum Gasteiger partial charge on any atom is 0.133 e. The normalized spacial score (nSPS) is 46.1. The van der Waals surface area contributed by atoms with Crippen LogP contribution >= 0.6 is 0 Å². The van der Waals surface area contributed by atoms with E-state index in [1.54, 1.807) is 0 Å². The molecule has 0 aromatic heterocycles. The van der Waals surface area contributed by atoms with Crippen molar-refractivity contribution in [2.75, 3.05) is 0 Å². The second kappa shape index (κ2) is 1.82. The van der Waals surface area contributed by atoms with Crippen molar-refractivity contribution in [2.24, 2.45) is 11.1 Å². The number of carbonyl (C=O) groups excluding carboxylic acids is 1. The highest BCUT2D eigenvalue weighted by atomic mass is 16.1. The SMILES string of the molecule is NC1CC12CCCC(=O)C2. The molecule has 1 spiro atoms. The molecule has 2 rings (SSSR count). The third kappa shape index (κ3) is 0.788. The second-order valence-electron chi connectivity index (χ2n) is 3.74. The Hall–Kier alpha value is -0.370. The van der Waals surface area contributed by atoms with Crippen LogP contribution in [0.3, 0.4) is 0 Å². The molecule has 2 unspecified atom stereocenters. The van der Waals surface area contributed by atoms with Gasteiger partial charge in [0.15, 0.2) is 0 Å². The molecular weight excluding hydrogens is 126 g/mol. The zero-order valence-electron chi connectivity index (χ0n) is 6.10. The van der Waals surface area contributed by atoms with Crippen LogP contribution in [0.1, 0.15) is 32.1 Å². The molecule has 10 heavy (non-hydrogen) atoms. The number of rotatable bonds is 0. The van der Waals surface area contributed by atoms with E-state index in [0.717, 1.165) is 25.7 Å². The van der Waals surface area contributed by atoms with E-state index in [2.05, 4.69) is 0 Å². The molecule has 0 radical (unpaired) electrons. The van der Waals surface area contributed by atoms with Gasteiger partial charge in [0.1, 0.15) is 5.78 Å². The predicted octanol–water partition coefficient (Wildman–Crippen LogP) is 0.847. The number of hydrogen-bond acceptors (Lipinski definition) is 2. The number of carbonyl (C=O) groups is 1. The smallest absolute Gasteiger partial charge is 0.133 e. The van der Waals surface area contributed by atoms with E-state index in [1.807, 2.05) is 0 Å². The topological polar surface area (TPSA) is 43.1 Å². The molecule has 2 fully saturated rings. The largest absolute Gasteiger partial charge is 0.327 e. The number of ketones is 1. The summed E-state index contributed by atoms with van der Waals surface area (Å²) in [4.78, 5) is 11.0. The predicted molar refractivity (Wildman–Crippen MR) is 38.5 cm³/mol. The van der Waals surface area contributed by atoms with Gasteiger partial charge in [-0.2, -0.15) is 0 Å². The summed E-state index contributed by atoms with van der Waals surface area (Å²) in [6, 6.07) is 0.344. The molecule has 2 aliphatic rings. The van der Waals surface area contributed by atoms with Gasteiger partial charge in [0.25, 0.3) is 0 Å². The van der Waals surface area contributed by atoms with Crippen LogP contribution in [-0.4, -0.2) is 11.8 Å². The average molecular weight is 139 g/mol. The Morgan fingerprint density at radius 1 is 1.60 bits per heavy atom. The van der Waals surface area contributed by atoms with Gasteiger partial charge in [-0.05, 0) is 24.7 Å². The van der Waals surface area contributed by atoms with Gasteiger partial charge < -0.3 is 5.73 Å². The minimum absolute atomic E-state index is 0.287. The Morgan fingerprint density at radius 2 is 2.30 bits per heavy atom. The Labute approximate surface area is 60.8 Å². The molecule has 0 bridgehead atoms. The summed E-state index contributed by atoms with van der Waals surface area (Å²) in [5, 5.41) is 0. The lowest BCUT2D eigenvalue weighted by atomic mass is 9.85. The van der Waals surface area contributed by atoms with E-state index in [-0.39, 0.29) is 5.41 Å². The summed E-state index contributed by atoms with van der Waals surface area (Å²) in [6.07, 6.45) is 4.94. The molecule has 0 saturated heterocycles. The van der Waals surface area contributed by atoms with Crippen LogP contribution in [0.25, 0.3) is 0 Å². The first kappa shape index (κ1) is 6.35. The Balaban J connectivity index is 2.05. The van der Waals surface area contributed by atoms with Gasteiger partial charge in [0.05, 0.1) is 0 Å². The van der Waals surface area contributed by atoms with Crippen LogP contribution in [-0.2, 0) is 4.79 Å². The van der Waals surface area contributed by atoms with E-state index in [0.29, 0.717) is 11.8 Å². The van der Waals surface area contributed by atoms with Crippen molar-refractivity contribution in [3.05, 3.63) is 0 Å². The van der Waals surface area contributed by atoms with Gasteiger partial charge in [0, 0.05) is 18.9 Å². The highest BCUT2D eigenvalue weighted by molar-refractivity contribution is 5.80. The van der Waals surface area contributed by atoms with Crippen molar-refractivity contribution in [2.45, 2.75) is 38.1 Å². The molecule has 2 saturated carbocycles. The quantitative estimate of drug-likeness (QED) is 0.540. The van der Waals surface area contributed by atoms with Gasteiger partial charge in [-0.1, -0.05) is 0 Å². The van der Waals surface area contributed by atoms with Crippen molar-refractivity contribution in [3.8, 4) is 0 Å². The van der Waals surface area contributed by atoms with Crippen molar-refractivity contribution in [3.63, 3.8) is 0 Å². The third-order valence-electron chi connectivity index (χ3n) is 2.93. The molecule has 0 amide bonds. The van der Waals surface area contributed by atoms with Crippen LogP contribution in [0.15, 0.2) is 0 Å². The van der Waals surface area contributed by atoms with Gasteiger partial charge in [-0.3, -0.25) is 4.79 Å². The zero-order valence-corrected chi connectivity index (χ0v) is 6.10. The van der Waals surface area contributed by atoms with Crippen molar-refractivity contribution < 1.29 is 4.79 Å². The standard InChI is InChI=1S/C8H13NO/c9-7-5-8(7)3-1-2-6(10)4-8/h7H,1-5,9H2. The highest BCUT2D eigenvalue weighted by Crippen LogP contribution is 2.53. The van der Waals surface area contributed by atoms with Crippen LogP contribution in [0.2, 0.25) is 0 Å². The van der Waals surface area contributed by atoms with Gasteiger partial charge in [-0.25, -0.2) is 0 Å². The van der Waals surface area contributed by atoms with E-state index in [9.17, 15) is 4.79 Å². The molecule has 2 N–H and O–H groups in total. The van der Waals surface area contributed by atoms with Crippen LogP contribution < -0.4 is 5.73 Å². The highest BCUT2D eigenvalue weighted by Gasteiger charge is 2.53. The molecule has 0 heterocycles.